The van der Waals surface area contributed by atoms with Gasteiger partial charge in [-0.25, -0.2) is 4.98 Å². The number of hydrogen-bond donors (Lipinski definition) is 3. The molecule has 1 aromatic carbocycles. The van der Waals surface area contributed by atoms with E-state index in [1.165, 1.54) is 0 Å². The number of amidine groups is 1. The van der Waals surface area contributed by atoms with Crippen molar-refractivity contribution in [2.75, 3.05) is 0 Å². The molecule has 4 N–H and O–H groups in total. The van der Waals surface area contributed by atoms with Gasteiger partial charge < -0.3 is 5.73 Å². The maximum Gasteiger partial charge on any atom is 0.174 e. The van der Waals surface area contributed by atoms with Crippen LogP contribution in [-0.2, 0) is 12.8 Å². The average molecular weight is 360 g/mol. The van der Waals surface area contributed by atoms with E-state index in [0.717, 1.165) is 17.0 Å². The first kappa shape index (κ1) is 16.5. The minimum absolute atomic E-state index is 0.0400. The van der Waals surface area contributed by atoms with E-state index < -0.39 is 0 Å². The van der Waals surface area contributed by atoms with Gasteiger partial charge in [0.15, 0.2) is 11.6 Å². The third-order valence-electron chi connectivity index (χ3n) is 4.04. The lowest BCUT2D eigenvalue weighted by atomic mass is 10.1. The van der Waals surface area contributed by atoms with E-state index in [0.29, 0.717) is 30.0 Å². The van der Waals surface area contributed by atoms with Gasteiger partial charge in [-0.3, -0.25) is 9.98 Å². The van der Waals surface area contributed by atoms with E-state index in [-0.39, 0.29) is 5.84 Å². The smallest absolute Gasteiger partial charge is 0.174 e. The van der Waals surface area contributed by atoms with Gasteiger partial charge in [-0.15, -0.1) is 20.4 Å². The lowest BCUT2D eigenvalue weighted by molar-refractivity contribution is 0.845. The molecule has 0 saturated carbocycles. The summed E-state index contributed by atoms with van der Waals surface area (Å²) in [6, 6.07) is 11.1. The number of nitrogens with zero attached hydrogens (tertiary/aromatic N) is 7. The molecule has 10 heteroatoms. The van der Waals surface area contributed by atoms with Gasteiger partial charge in [-0.2, -0.15) is 5.21 Å². The molecule has 134 valence electrons. The van der Waals surface area contributed by atoms with Crippen molar-refractivity contribution in [1.29, 1.82) is 5.41 Å². The third kappa shape index (κ3) is 3.68. The molecule has 27 heavy (non-hydrogen) atoms. The Morgan fingerprint density at radius 1 is 1.04 bits per heavy atom. The Kier molecular flexibility index (Phi) is 4.35. The summed E-state index contributed by atoms with van der Waals surface area (Å²) in [7, 11) is 0. The molecule has 0 unspecified atom stereocenters. The number of aryl methyl sites for hydroxylation is 2. The predicted octanol–water partition coefficient (Wildman–Crippen LogP) is 0.912. The fourth-order valence-electron chi connectivity index (χ4n) is 2.58. The van der Waals surface area contributed by atoms with Crippen LogP contribution in [-0.4, -0.2) is 46.2 Å². The predicted molar refractivity (Wildman–Crippen MR) is 97.2 cm³/mol. The van der Waals surface area contributed by atoms with Crippen LogP contribution in [0.1, 0.15) is 17.1 Å². The molecular weight excluding hydrogens is 344 g/mol. The Morgan fingerprint density at radius 3 is 2.56 bits per heavy atom. The Bertz CT molecular complexity index is 1030. The van der Waals surface area contributed by atoms with Crippen LogP contribution in [0.15, 0.2) is 48.9 Å². The molecule has 4 aromatic rings. The van der Waals surface area contributed by atoms with Crippen molar-refractivity contribution in [3.8, 4) is 17.1 Å². The lowest BCUT2D eigenvalue weighted by Crippen LogP contribution is -2.10. The monoisotopic (exact) mass is 360 g/mol. The number of nitrogen functional groups attached to an aromatic ring is 1. The van der Waals surface area contributed by atoms with E-state index in [9.17, 15) is 0 Å². The van der Waals surface area contributed by atoms with Crippen molar-refractivity contribution < 1.29 is 0 Å². The van der Waals surface area contributed by atoms with Crippen LogP contribution in [0.4, 0.5) is 0 Å². The first-order valence-electron chi connectivity index (χ1n) is 8.23. The molecule has 0 bridgehead atoms. The molecule has 0 amide bonds. The quantitative estimate of drug-likeness (QED) is 0.342. The fraction of sp³-hybridized carbons (Fsp3) is 0.118. The SMILES string of the molecule is N=C(N)c1ccc(-c2ccc(-n3cnc(CCc4nn[nH]n4)c3)nn2)cc1. The Morgan fingerprint density at radius 2 is 1.89 bits per heavy atom. The molecule has 3 aromatic heterocycles. The summed E-state index contributed by atoms with van der Waals surface area (Å²) >= 11 is 0. The van der Waals surface area contributed by atoms with Crippen LogP contribution in [0.2, 0.25) is 0 Å². The summed E-state index contributed by atoms with van der Waals surface area (Å²) in [6.07, 6.45) is 4.98. The van der Waals surface area contributed by atoms with Gasteiger partial charge in [0.1, 0.15) is 12.2 Å². The van der Waals surface area contributed by atoms with Gasteiger partial charge in [-0.1, -0.05) is 29.5 Å². The van der Waals surface area contributed by atoms with Crippen molar-refractivity contribution in [3.63, 3.8) is 0 Å². The molecule has 0 spiro atoms. The second-order valence-electron chi connectivity index (χ2n) is 5.87. The normalized spacial score (nSPS) is 10.8. The average Bonchev–Trinajstić information content (AvgIpc) is 3.38. The number of nitrogens with one attached hydrogen (secondary N) is 2. The zero-order valence-electron chi connectivity index (χ0n) is 14.2. The summed E-state index contributed by atoms with van der Waals surface area (Å²) < 4.78 is 1.82. The maximum atomic E-state index is 7.44. The van der Waals surface area contributed by atoms with Crippen molar-refractivity contribution in [1.82, 2.24) is 40.4 Å². The Balaban J connectivity index is 1.46. The number of nitrogens with two attached hydrogens (primary N) is 1. The van der Waals surface area contributed by atoms with Crippen LogP contribution in [0, 0.1) is 5.41 Å². The zero-order chi connectivity index (χ0) is 18.6. The number of benzene rings is 1. The van der Waals surface area contributed by atoms with Crippen LogP contribution in [0.3, 0.4) is 0 Å². The summed E-state index contributed by atoms with van der Waals surface area (Å²) in [4.78, 5) is 4.38. The van der Waals surface area contributed by atoms with Crippen LogP contribution in [0.5, 0.6) is 0 Å². The van der Waals surface area contributed by atoms with Crippen LogP contribution in [0.25, 0.3) is 17.1 Å². The minimum atomic E-state index is 0.0400. The Labute approximate surface area is 154 Å². The van der Waals surface area contributed by atoms with Crippen molar-refractivity contribution in [2.24, 2.45) is 5.73 Å². The molecule has 4 rings (SSSR count). The number of hydrogen-bond acceptors (Lipinski definition) is 7. The number of rotatable bonds is 6. The number of aromatic nitrogens is 8. The first-order valence-corrected chi connectivity index (χ1v) is 8.23. The van der Waals surface area contributed by atoms with Crippen LogP contribution >= 0.6 is 0 Å². The highest BCUT2D eigenvalue weighted by atomic mass is 15.5. The number of aromatic amines is 1. The van der Waals surface area contributed by atoms with Gasteiger partial charge in [0.05, 0.1) is 11.4 Å². The zero-order valence-corrected chi connectivity index (χ0v) is 14.2. The second-order valence-corrected chi connectivity index (χ2v) is 5.87. The lowest BCUT2D eigenvalue weighted by Gasteiger charge is -2.04. The second kappa shape index (κ2) is 7.12. The highest BCUT2D eigenvalue weighted by molar-refractivity contribution is 5.95. The third-order valence-corrected chi connectivity index (χ3v) is 4.04. The molecule has 0 aliphatic carbocycles. The Hall–Kier alpha value is -3.95. The van der Waals surface area contributed by atoms with Gasteiger partial charge in [-0.05, 0) is 18.6 Å². The molecule has 0 aliphatic heterocycles. The first-order chi connectivity index (χ1) is 13.2. The maximum absolute atomic E-state index is 7.44. The van der Waals surface area contributed by atoms with Crippen molar-refractivity contribution in [3.05, 3.63) is 66.0 Å². The molecule has 0 fully saturated rings. The summed E-state index contributed by atoms with van der Waals surface area (Å²) in [5.41, 5.74) is 8.71. The van der Waals surface area contributed by atoms with E-state index in [1.54, 1.807) is 18.5 Å². The summed E-state index contributed by atoms with van der Waals surface area (Å²) in [6.45, 7) is 0. The van der Waals surface area contributed by atoms with Gasteiger partial charge in [0.25, 0.3) is 0 Å². The van der Waals surface area contributed by atoms with Crippen molar-refractivity contribution >= 4 is 5.84 Å². The number of tetrazole rings is 1. The molecule has 10 nitrogen and oxygen atoms in total. The summed E-state index contributed by atoms with van der Waals surface area (Å²) in [5, 5.41) is 29.8. The fourth-order valence-corrected chi connectivity index (χ4v) is 2.58. The number of H-pyrrole nitrogens is 1. The van der Waals surface area contributed by atoms with Gasteiger partial charge in [0, 0.05) is 23.7 Å². The van der Waals surface area contributed by atoms with Crippen molar-refractivity contribution in [2.45, 2.75) is 12.8 Å². The highest BCUT2D eigenvalue weighted by Gasteiger charge is 2.07. The van der Waals surface area contributed by atoms with E-state index in [1.807, 2.05) is 35.0 Å². The molecule has 0 atom stereocenters. The molecule has 0 radical (unpaired) electrons. The van der Waals surface area contributed by atoms with Gasteiger partial charge in [0.2, 0.25) is 0 Å². The van der Waals surface area contributed by atoms with E-state index >= 15 is 0 Å². The standard InChI is InChI=1S/C17H16N10/c18-17(19)12-3-1-11(2-4-12)14-6-8-16(24-21-14)27-9-13(20-10-27)5-7-15-22-25-26-23-15/h1-4,6,8-10H,5,7H2,(H3,18,19)(H,22,23,25,26). The molecule has 0 aliphatic rings. The summed E-state index contributed by atoms with van der Waals surface area (Å²) in [5.74, 6) is 1.38. The molecule has 3 heterocycles. The molecule has 0 saturated heterocycles. The molecular formula is C17H16N10. The minimum Gasteiger partial charge on any atom is -0.384 e. The van der Waals surface area contributed by atoms with Gasteiger partial charge >= 0.3 is 0 Å². The van der Waals surface area contributed by atoms with E-state index in [4.69, 9.17) is 11.1 Å². The van der Waals surface area contributed by atoms with E-state index in [2.05, 4.69) is 35.8 Å². The highest BCUT2D eigenvalue weighted by Crippen LogP contribution is 2.18. The largest absolute Gasteiger partial charge is 0.384 e. The van der Waals surface area contributed by atoms with Crippen LogP contribution < -0.4 is 5.73 Å². The topological polar surface area (TPSA) is 148 Å². The number of imidazole rings is 1.